The maximum absolute atomic E-state index is 13.1. The van der Waals surface area contributed by atoms with Crippen LogP contribution in [-0.2, 0) is 51.7 Å². The van der Waals surface area contributed by atoms with Crippen LogP contribution in [0.1, 0.15) is 86.2 Å². The van der Waals surface area contributed by atoms with Crippen LogP contribution < -0.4 is 14.7 Å². The molecule has 508 valence electrons. The van der Waals surface area contributed by atoms with Gasteiger partial charge in [-0.25, -0.2) is 19.2 Å². The highest BCUT2D eigenvalue weighted by molar-refractivity contribution is 5.89. The minimum absolute atomic E-state index is 0.00260. The van der Waals surface area contributed by atoms with Crippen molar-refractivity contribution in [3.8, 4) is 0 Å². The first-order chi connectivity index (χ1) is 47.6. The third-order valence-electron chi connectivity index (χ3n) is 20.5. The molecular formula is C78H90N8O11. The van der Waals surface area contributed by atoms with Crippen molar-refractivity contribution in [3.05, 3.63) is 235 Å². The Morgan fingerprint density at radius 2 is 0.711 bits per heavy atom. The van der Waals surface area contributed by atoms with Crippen molar-refractivity contribution in [1.29, 1.82) is 0 Å². The van der Waals surface area contributed by atoms with Crippen molar-refractivity contribution < 1.29 is 51.4 Å². The molecular weight excluding hydrogens is 1220 g/mol. The van der Waals surface area contributed by atoms with Crippen molar-refractivity contribution in [1.82, 2.24) is 24.5 Å². The molecule has 4 amide bonds. The highest BCUT2D eigenvalue weighted by atomic mass is 16.6. The number of hydrogen-bond acceptors (Lipinski definition) is 15. The third-order valence-corrected chi connectivity index (χ3v) is 20.5. The van der Waals surface area contributed by atoms with Gasteiger partial charge in [-0.2, -0.15) is 0 Å². The second-order valence-electron chi connectivity index (χ2n) is 26.9. The molecule has 2 atom stereocenters. The van der Waals surface area contributed by atoms with Gasteiger partial charge in [-0.3, -0.25) is 34.3 Å². The van der Waals surface area contributed by atoms with Gasteiger partial charge in [0, 0.05) is 102 Å². The Hall–Kier alpha value is -9.14. The van der Waals surface area contributed by atoms with Gasteiger partial charge in [0.15, 0.2) is 0 Å². The molecule has 97 heavy (non-hydrogen) atoms. The molecule has 0 N–H and O–H groups in total. The van der Waals surface area contributed by atoms with Crippen LogP contribution in [0.25, 0.3) is 0 Å². The summed E-state index contributed by atoms with van der Waals surface area (Å²) in [6.07, 6.45) is 13.0. The summed E-state index contributed by atoms with van der Waals surface area (Å²) in [5.74, 6) is 3.19. The van der Waals surface area contributed by atoms with E-state index < -0.39 is 0 Å². The molecule has 0 spiro atoms. The van der Waals surface area contributed by atoms with Gasteiger partial charge in [-0.1, -0.05) is 115 Å². The van der Waals surface area contributed by atoms with Crippen LogP contribution in [0.3, 0.4) is 0 Å². The predicted octanol–water partition coefficient (Wildman–Crippen LogP) is 14.4. The number of furan rings is 3. The molecule has 0 aliphatic carbocycles. The SMILES string of the molecule is O=C(OC12CCN(CC1)C2)N(Cc1ccccc1)c1ccccc1.O=C(OC12CCN(CC1)CC2)N(Cc1ccccc1)c1ccccc1.O=C(O[C@H]1CN2CCC1CC2)N(Cc1ccco1)Cc1ccco1.O=C(O[C@H]1CN2CCC1CC2)N(Cc1ccco1)c1ccccc1. The fourth-order valence-electron chi connectivity index (χ4n) is 14.8. The van der Waals surface area contributed by atoms with Crippen LogP contribution in [0.5, 0.6) is 0 Å². The van der Waals surface area contributed by atoms with Crippen molar-refractivity contribution in [2.75, 3.05) is 93.2 Å². The second kappa shape index (κ2) is 31.8. The zero-order valence-corrected chi connectivity index (χ0v) is 55.4. The highest BCUT2D eigenvalue weighted by Crippen LogP contribution is 2.39. The molecule has 11 saturated heterocycles. The van der Waals surface area contributed by atoms with Gasteiger partial charge in [-0.05, 0) is 148 Å². The molecule has 0 unspecified atom stereocenters. The minimum Gasteiger partial charge on any atom is -0.467 e. The number of carbonyl (C=O) groups is 4. The van der Waals surface area contributed by atoms with E-state index in [2.05, 4.69) is 19.6 Å². The summed E-state index contributed by atoms with van der Waals surface area (Å²) in [5, 5.41) is 0. The summed E-state index contributed by atoms with van der Waals surface area (Å²) < 4.78 is 40.1. The molecule has 0 radical (unpaired) electrons. The van der Waals surface area contributed by atoms with Crippen molar-refractivity contribution in [2.45, 2.75) is 114 Å². The lowest BCUT2D eigenvalue weighted by molar-refractivity contribution is -0.0764. The lowest BCUT2D eigenvalue weighted by Crippen LogP contribution is -2.55. The number of piperidine rings is 10. The summed E-state index contributed by atoms with van der Waals surface area (Å²) in [7, 11) is 0. The van der Waals surface area contributed by atoms with Crippen LogP contribution >= 0.6 is 0 Å². The average Bonchev–Trinajstić information content (AvgIpc) is 1.51. The van der Waals surface area contributed by atoms with Crippen LogP contribution in [0.4, 0.5) is 36.2 Å². The van der Waals surface area contributed by atoms with Crippen molar-refractivity contribution in [2.24, 2.45) is 11.8 Å². The van der Waals surface area contributed by atoms with E-state index in [0.717, 1.165) is 182 Å². The standard InChI is InChI=1S/C21H24N2O2.C20H22N2O2.C19H22N2O3.C18H22N2O4/c24-20(25-21-11-14-22(15-12-21)16-13-21)23(19-9-5-2-6-10-19)17-18-7-3-1-4-8-18;23-19(24-20-11-13-21(16-20)14-12-20)22(18-9-5-2-6-10-18)15-17-7-3-1-4-8-17;22-19(24-18-14-20-10-8-15(18)9-11-20)21(13-17-7-4-12-23-17)16-5-2-1-3-6-16;21-18(24-17-13-19-7-5-14(17)6-8-19)20(11-15-3-1-9-22-15)12-16-4-2-10-23-16/h1-10H,11-17H2;1-10H,11-16H2;1-7,12,15,18H,8-11,13-14H2;1-4,9-10,14,17H,5-8,11-13H2/t;;18-;17-/m..00/s1. The van der Waals surface area contributed by atoms with Crippen LogP contribution in [-0.4, -0.2) is 151 Å². The van der Waals surface area contributed by atoms with E-state index in [1.165, 1.54) is 0 Å². The molecule has 11 aliphatic rings. The van der Waals surface area contributed by atoms with E-state index in [9.17, 15) is 19.2 Å². The van der Waals surface area contributed by atoms with Crippen molar-refractivity contribution >= 4 is 41.4 Å². The number of ether oxygens (including phenoxy) is 4. The zero-order valence-electron chi connectivity index (χ0n) is 55.4. The molecule has 5 aromatic carbocycles. The van der Waals surface area contributed by atoms with Gasteiger partial charge in [0.25, 0.3) is 0 Å². The molecule has 19 nitrogen and oxygen atoms in total. The normalized spacial score (nSPS) is 25.1. The van der Waals surface area contributed by atoms with Crippen LogP contribution in [0.2, 0.25) is 0 Å². The number of hydrogen-bond donors (Lipinski definition) is 0. The number of anilines is 3. The Kier molecular flexibility index (Phi) is 21.8. The quantitative estimate of drug-likeness (QED) is 0.0788. The maximum atomic E-state index is 13.1. The number of para-hydroxylation sites is 3. The first-order valence-electron chi connectivity index (χ1n) is 34.7. The lowest BCUT2D eigenvalue weighted by atomic mass is 9.83. The van der Waals surface area contributed by atoms with E-state index in [1.807, 2.05) is 188 Å². The Bertz CT molecular complexity index is 3640. The molecule has 8 bridgehead atoms. The molecule has 8 aromatic rings. The summed E-state index contributed by atoms with van der Waals surface area (Å²) in [5.41, 5.74) is 4.21. The number of nitrogens with zero attached hydrogens (tertiary/aromatic N) is 8. The van der Waals surface area contributed by atoms with Gasteiger partial charge in [-0.15, -0.1) is 0 Å². The van der Waals surface area contributed by atoms with Gasteiger partial charge in [0.2, 0.25) is 0 Å². The Morgan fingerprint density at radius 3 is 1.07 bits per heavy atom. The van der Waals surface area contributed by atoms with Crippen LogP contribution in [0, 0.1) is 11.8 Å². The maximum Gasteiger partial charge on any atom is 0.415 e. The largest absolute Gasteiger partial charge is 0.467 e. The Morgan fingerprint density at radius 1 is 0.361 bits per heavy atom. The summed E-state index contributed by atoms with van der Waals surface area (Å²) in [4.78, 5) is 68.0. The monoisotopic (exact) mass is 1310 g/mol. The van der Waals surface area contributed by atoms with E-state index in [1.54, 1.807) is 38.4 Å². The number of amides is 4. The summed E-state index contributed by atoms with van der Waals surface area (Å²) in [6.45, 7) is 14.5. The molecule has 14 heterocycles. The number of benzene rings is 5. The van der Waals surface area contributed by atoms with Gasteiger partial charge in [0.05, 0.1) is 51.5 Å². The predicted molar refractivity (Wildman–Crippen MR) is 369 cm³/mol. The zero-order chi connectivity index (χ0) is 66.2. The molecule has 19 heteroatoms. The summed E-state index contributed by atoms with van der Waals surface area (Å²) in [6, 6.07) is 60.4. The van der Waals surface area contributed by atoms with E-state index in [4.69, 9.17) is 32.2 Å². The van der Waals surface area contributed by atoms with Crippen LogP contribution in [0.15, 0.2) is 220 Å². The Labute approximate surface area is 569 Å². The van der Waals surface area contributed by atoms with Crippen molar-refractivity contribution in [3.63, 3.8) is 0 Å². The average molecular weight is 1320 g/mol. The first-order valence-corrected chi connectivity index (χ1v) is 34.7. The molecule has 19 rings (SSSR count). The number of carbonyl (C=O) groups excluding carboxylic acids is 4. The number of fused-ring (bicyclic) bond motifs is 11. The van der Waals surface area contributed by atoms with E-state index in [-0.39, 0.29) is 47.8 Å². The third kappa shape index (κ3) is 17.5. The van der Waals surface area contributed by atoms with Gasteiger partial charge >= 0.3 is 24.4 Å². The van der Waals surface area contributed by atoms with Gasteiger partial charge in [0.1, 0.15) is 40.7 Å². The second-order valence-corrected chi connectivity index (χ2v) is 26.9. The highest BCUT2D eigenvalue weighted by Gasteiger charge is 2.48. The fraction of sp³-hybridized carbons (Fsp3) is 0.410. The fourth-order valence-corrected chi connectivity index (χ4v) is 14.8. The topological polar surface area (TPSA) is 171 Å². The van der Waals surface area contributed by atoms with Gasteiger partial charge < -0.3 is 37.1 Å². The Balaban J connectivity index is 0.000000117. The number of rotatable bonds is 17. The van der Waals surface area contributed by atoms with E-state index in [0.29, 0.717) is 44.6 Å². The minimum atomic E-state index is -0.304. The summed E-state index contributed by atoms with van der Waals surface area (Å²) >= 11 is 0. The first kappa shape index (κ1) is 66.5. The lowest BCUT2D eigenvalue weighted by Gasteiger charge is -2.47. The molecule has 11 aliphatic heterocycles. The smallest absolute Gasteiger partial charge is 0.415 e. The van der Waals surface area contributed by atoms with E-state index >= 15 is 0 Å². The molecule has 11 fully saturated rings. The molecule has 0 saturated carbocycles. The molecule has 3 aromatic heterocycles.